The van der Waals surface area contributed by atoms with Crippen LogP contribution in [0.4, 0.5) is 10.5 Å². The number of aryl methyl sites for hydroxylation is 1. The maximum absolute atomic E-state index is 12.6. The van der Waals surface area contributed by atoms with E-state index in [1.54, 1.807) is 57.7 Å². The van der Waals surface area contributed by atoms with E-state index in [2.05, 4.69) is 5.32 Å². The van der Waals surface area contributed by atoms with Crippen LogP contribution in [0.2, 0.25) is 0 Å². The second kappa shape index (κ2) is 13.2. The molecule has 0 radical (unpaired) electrons. The molecule has 0 bridgehead atoms. The van der Waals surface area contributed by atoms with E-state index in [9.17, 15) is 26.4 Å². The molecule has 0 heterocycles. The Morgan fingerprint density at radius 2 is 1.53 bits per heavy atom. The van der Waals surface area contributed by atoms with Crippen molar-refractivity contribution in [2.45, 2.75) is 52.7 Å². The Labute approximate surface area is 213 Å². The first-order chi connectivity index (χ1) is 16.3. The summed E-state index contributed by atoms with van der Waals surface area (Å²) in [5.74, 6) is -0.465. The monoisotopic (exact) mass is 552 g/mol. The first kappa shape index (κ1) is 31.6. The molecule has 0 saturated carbocycles. The van der Waals surface area contributed by atoms with Gasteiger partial charge in [0.15, 0.2) is 5.75 Å². The number of alkyl carbamates (subject to hydrolysis) is 1. The van der Waals surface area contributed by atoms with Gasteiger partial charge in [-0.1, -0.05) is 6.07 Å². The molecule has 0 aromatic heterocycles. The van der Waals surface area contributed by atoms with Gasteiger partial charge in [0.25, 0.3) is 20.2 Å². The van der Waals surface area contributed by atoms with Gasteiger partial charge in [-0.05, 0) is 52.3 Å². The molecule has 0 aliphatic heterocycles. The molecule has 12 nitrogen and oxygen atoms in total. The molecule has 0 spiro atoms. The minimum atomic E-state index is -3.70. The van der Waals surface area contributed by atoms with Crippen LogP contribution in [0.25, 0.3) is 0 Å². The van der Waals surface area contributed by atoms with Crippen LogP contribution in [0, 0.1) is 6.92 Å². The van der Waals surface area contributed by atoms with Crippen molar-refractivity contribution in [2.24, 2.45) is 0 Å². The van der Waals surface area contributed by atoms with Gasteiger partial charge >= 0.3 is 12.1 Å². The summed E-state index contributed by atoms with van der Waals surface area (Å²) in [6, 6.07) is 4.44. The number of nitrogens with one attached hydrogen (secondary N) is 1. The van der Waals surface area contributed by atoms with Gasteiger partial charge in [0.05, 0.1) is 37.8 Å². The standard InChI is InChI=1S/C22H36N2O10S2/c1-16-8-9-18(24(10-12-31-35(6,27)28)11-13-32-36(7,29)30)19(14-16)33-20(25)15-17(2)23-21(26)34-22(3,4)5/h8-9,14,17H,10-13,15H2,1-7H3,(H,23,26). The lowest BCUT2D eigenvalue weighted by molar-refractivity contribution is -0.134. The van der Waals surface area contributed by atoms with E-state index in [1.807, 2.05) is 0 Å². The van der Waals surface area contributed by atoms with Crippen molar-refractivity contribution in [3.05, 3.63) is 23.8 Å². The van der Waals surface area contributed by atoms with Gasteiger partial charge in [-0.25, -0.2) is 4.79 Å². The van der Waals surface area contributed by atoms with Gasteiger partial charge in [-0.3, -0.25) is 13.2 Å². The number of hydrogen-bond acceptors (Lipinski definition) is 11. The summed E-state index contributed by atoms with van der Waals surface area (Å²) in [6.45, 7) is 8.19. The number of nitrogens with zero attached hydrogens (tertiary/aromatic N) is 1. The van der Waals surface area contributed by atoms with Crippen LogP contribution >= 0.6 is 0 Å². The van der Waals surface area contributed by atoms with E-state index < -0.39 is 43.9 Å². The molecule has 1 aromatic rings. The fraction of sp³-hybridized carbons (Fsp3) is 0.636. The van der Waals surface area contributed by atoms with Crippen molar-refractivity contribution >= 4 is 38.0 Å². The van der Waals surface area contributed by atoms with E-state index >= 15 is 0 Å². The van der Waals surface area contributed by atoms with Crippen LogP contribution in [0.5, 0.6) is 5.75 Å². The third kappa shape index (κ3) is 14.2. The summed E-state index contributed by atoms with van der Waals surface area (Å²) in [5.41, 5.74) is 0.489. The molecular weight excluding hydrogens is 516 g/mol. The number of hydrogen-bond donors (Lipinski definition) is 1. The largest absolute Gasteiger partial charge is 0.444 e. The van der Waals surface area contributed by atoms with Gasteiger partial charge in [0, 0.05) is 19.1 Å². The Hall–Kier alpha value is -2.42. The number of carbonyl (C=O) groups excluding carboxylic acids is 2. The number of benzene rings is 1. The molecule has 0 fully saturated rings. The number of ether oxygens (including phenoxy) is 2. The minimum absolute atomic E-state index is 0.0321. The Morgan fingerprint density at radius 1 is 1.00 bits per heavy atom. The summed E-state index contributed by atoms with van der Waals surface area (Å²) < 4.78 is 65.8. The highest BCUT2D eigenvalue weighted by Gasteiger charge is 2.21. The molecular formula is C22H36N2O10S2. The highest BCUT2D eigenvalue weighted by atomic mass is 32.2. The zero-order valence-corrected chi connectivity index (χ0v) is 23.3. The number of rotatable bonds is 13. The molecule has 0 aliphatic rings. The van der Waals surface area contributed by atoms with E-state index in [4.69, 9.17) is 17.8 Å². The SMILES string of the molecule is Cc1ccc(N(CCOS(C)(=O)=O)CCOS(C)(=O)=O)c(OC(=O)CC(C)NC(=O)OC(C)(C)C)c1. The van der Waals surface area contributed by atoms with E-state index in [0.717, 1.165) is 18.1 Å². The smallest absolute Gasteiger partial charge is 0.407 e. The Morgan fingerprint density at radius 3 is 2.00 bits per heavy atom. The third-order valence-electron chi connectivity index (χ3n) is 4.23. The second-order valence-corrected chi connectivity index (χ2v) is 12.5. The number of anilines is 1. The predicted molar refractivity (Wildman–Crippen MR) is 134 cm³/mol. The molecule has 1 N–H and O–H groups in total. The normalized spacial score (nSPS) is 13.1. The van der Waals surface area contributed by atoms with E-state index in [0.29, 0.717) is 5.69 Å². The van der Waals surface area contributed by atoms with Crippen LogP contribution in [0.3, 0.4) is 0 Å². The van der Waals surface area contributed by atoms with Gasteiger partial charge in [-0.2, -0.15) is 16.8 Å². The number of esters is 1. The van der Waals surface area contributed by atoms with Crippen LogP contribution in [0.15, 0.2) is 18.2 Å². The number of carbonyl (C=O) groups is 2. The van der Waals surface area contributed by atoms with Crippen molar-refractivity contribution in [1.82, 2.24) is 5.32 Å². The lowest BCUT2D eigenvalue weighted by atomic mass is 10.2. The maximum Gasteiger partial charge on any atom is 0.407 e. The fourth-order valence-corrected chi connectivity index (χ4v) is 3.64. The highest BCUT2D eigenvalue weighted by molar-refractivity contribution is 7.86. The molecule has 36 heavy (non-hydrogen) atoms. The van der Waals surface area contributed by atoms with Crippen LogP contribution < -0.4 is 15.0 Å². The summed E-state index contributed by atoms with van der Waals surface area (Å²) in [6.07, 6.45) is 1.01. The van der Waals surface area contributed by atoms with Crippen LogP contribution in [-0.4, -0.2) is 79.4 Å². The highest BCUT2D eigenvalue weighted by Crippen LogP contribution is 2.30. The van der Waals surface area contributed by atoms with Gasteiger partial charge in [0.2, 0.25) is 0 Å². The van der Waals surface area contributed by atoms with Crippen molar-refractivity contribution in [1.29, 1.82) is 0 Å². The lowest BCUT2D eigenvalue weighted by Crippen LogP contribution is -2.39. The van der Waals surface area contributed by atoms with Crippen molar-refractivity contribution in [3.8, 4) is 5.75 Å². The zero-order chi connectivity index (χ0) is 27.7. The third-order valence-corrected chi connectivity index (χ3v) is 5.42. The molecule has 1 amide bonds. The summed E-state index contributed by atoms with van der Waals surface area (Å²) in [5, 5.41) is 2.57. The summed E-state index contributed by atoms with van der Waals surface area (Å²) in [4.78, 5) is 26.1. The van der Waals surface area contributed by atoms with E-state index in [-0.39, 0.29) is 38.5 Å². The quantitative estimate of drug-likeness (QED) is 0.217. The molecule has 0 saturated heterocycles. The van der Waals surface area contributed by atoms with Gasteiger partial charge < -0.3 is 19.7 Å². The molecule has 1 aromatic carbocycles. The van der Waals surface area contributed by atoms with Gasteiger partial charge in [0.1, 0.15) is 5.60 Å². The van der Waals surface area contributed by atoms with Crippen molar-refractivity contribution in [2.75, 3.05) is 43.7 Å². The summed E-state index contributed by atoms with van der Waals surface area (Å²) in [7, 11) is -7.40. The molecule has 1 rings (SSSR count). The minimum Gasteiger partial charge on any atom is -0.444 e. The fourth-order valence-electron chi connectivity index (χ4n) is 2.89. The molecule has 1 atom stereocenters. The number of amides is 1. The molecule has 14 heteroatoms. The Balaban J connectivity index is 3.01. The average Bonchev–Trinajstić information content (AvgIpc) is 2.63. The predicted octanol–water partition coefficient (Wildman–Crippen LogP) is 1.96. The Bertz CT molecular complexity index is 1070. The maximum atomic E-state index is 12.6. The Kier molecular flexibility index (Phi) is 11.6. The lowest BCUT2D eigenvalue weighted by Gasteiger charge is -2.26. The van der Waals surface area contributed by atoms with Crippen molar-refractivity contribution in [3.63, 3.8) is 0 Å². The second-order valence-electron chi connectivity index (χ2n) is 9.24. The van der Waals surface area contributed by atoms with E-state index in [1.165, 1.54) is 0 Å². The molecule has 1 unspecified atom stereocenters. The first-order valence-corrected chi connectivity index (χ1v) is 14.7. The van der Waals surface area contributed by atoms with Crippen molar-refractivity contribution < 1.29 is 44.3 Å². The van der Waals surface area contributed by atoms with Crippen LogP contribution in [0.1, 0.15) is 39.7 Å². The first-order valence-electron chi connectivity index (χ1n) is 11.1. The molecule has 0 aliphatic carbocycles. The van der Waals surface area contributed by atoms with Crippen LogP contribution in [-0.2, 0) is 38.1 Å². The average molecular weight is 553 g/mol. The summed E-state index contributed by atoms with van der Waals surface area (Å²) >= 11 is 0. The van der Waals surface area contributed by atoms with Gasteiger partial charge in [-0.15, -0.1) is 0 Å². The molecule has 206 valence electrons. The topological polar surface area (TPSA) is 155 Å². The zero-order valence-electron chi connectivity index (χ0n) is 21.7.